The van der Waals surface area contributed by atoms with Crippen molar-refractivity contribution in [3.63, 3.8) is 0 Å². The maximum atomic E-state index is 9.79. The Morgan fingerprint density at radius 2 is 0.939 bits per heavy atom. The molecule has 1 unspecified atom stereocenters. The Bertz CT molecular complexity index is 375. The van der Waals surface area contributed by atoms with E-state index in [9.17, 15) is 5.11 Å². The average Bonchev–Trinajstić information content (AvgIpc) is 2.81. The zero-order valence-electron chi connectivity index (χ0n) is 23.0. The van der Waals surface area contributed by atoms with Crippen LogP contribution in [0.25, 0.3) is 0 Å². The van der Waals surface area contributed by atoms with Crippen LogP contribution in [-0.2, 0) is 14.2 Å². The van der Waals surface area contributed by atoms with Crippen LogP contribution in [0.15, 0.2) is 0 Å². The molecule has 0 spiro atoms. The maximum absolute atomic E-state index is 9.79. The summed E-state index contributed by atoms with van der Waals surface area (Å²) in [5.74, 6) is 0. The Hall–Kier alpha value is 0.270. The molecule has 0 aromatic rings. The van der Waals surface area contributed by atoms with E-state index in [4.69, 9.17) is 14.2 Å². The van der Waals surface area contributed by atoms with Gasteiger partial charge < -0.3 is 0 Å². The number of unbranched alkanes of at least 4 members (excludes halogenated alkanes) is 12. The molecule has 4 nitrogen and oxygen atoms in total. The molecule has 0 fully saturated rings. The van der Waals surface area contributed by atoms with E-state index in [-0.39, 0.29) is 6.10 Å². The third-order valence-corrected chi connectivity index (χ3v) is 12.9. The third kappa shape index (κ3) is 22.5. The van der Waals surface area contributed by atoms with E-state index in [1.165, 1.54) is 95.8 Å². The van der Waals surface area contributed by atoms with E-state index in [1.54, 1.807) is 0 Å². The van der Waals surface area contributed by atoms with Gasteiger partial charge in [-0.2, -0.15) is 0 Å². The molecule has 5 heteroatoms. The molecule has 0 aromatic carbocycles. The number of hydrogen-bond donors (Lipinski definition) is 1. The van der Waals surface area contributed by atoms with Crippen LogP contribution < -0.4 is 0 Å². The Morgan fingerprint density at radius 1 is 0.545 bits per heavy atom. The Labute approximate surface area is 208 Å². The van der Waals surface area contributed by atoms with Crippen LogP contribution in [0.2, 0.25) is 0 Å². The van der Waals surface area contributed by atoms with Gasteiger partial charge in [0.15, 0.2) is 0 Å². The van der Waals surface area contributed by atoms with Gasteiger partial charge >= 0.3 is 131 Å². The molecular formula is C28H61O4P. The molecule has 1 N–H and O–H groups in total. The zero-order chi connectivity index (χ0) is 24.5. The van der Waals surface area contributed by atoms with Gasteiger partial charge in [-0.15, -0.1) is 0 Å². The Balaban J connectivity index is 3.27. The first-order valence-electron chi connectivity index (χ1n) is 14.5. The van der Waals surface area contributed by atoms with Crippen LogP contribution >= 0.6 is 7.26 Å². The summed E-state index contributed by atoms with van der Waals surface area (Å²) in [5, 5.41) is 9.79. The second-order valence-corrected chi connectivity index (χ2v) is 15.4. The van der Waals surface area contributed by atoms with Gasteiger partial charge in [-0.3, -0.25) is 0 Å². The van der Waals surface area contributed by atoms with Gasteiger partial charge in [-0.05, 0) is 0 Å². The summed E-state index contributed by atoms with van der Waals surface area (Å²) >= 11 is 0. The first-order chi connectivity index (χ1) is 16.1. The molecule has 33 heavy (non-hydrogen) atoms. The summed E-state index contributed by atoms with van der Waals surface area (Å²) in [6, 6.07) is 0. The van der Waals surface area contributed by atoms with Crippen molar-refractivity contribution in [3.05, 3.63) is 0 Å². The topological polar surface area (TPSA) is 47.9 Å². The molecule has 0 rings (SSSR count). The van der Waals surface area contributed by atoms with Crippen molar-refractivity contribution in [1.29, 1.82) is 0 Å². The van der Waals surface area contributed by atoms with E-state index in [2.05, 4.69) is 20.8 Å². The van der Waals surface area contributed by atoms with Crippen LogP contribution in [0.5, 0.6) is 0 Å². The van der Waals surface area contributed by atoms with Crippen molar-refractivity contribution in [2.24, 2.45) is 0 Å². The molecule has 0 radical (unpaired) electrons. The van der Waals surface area contributed by atoms with Gasteiger partial charge in [-0.1, -0.05) is 77.6 Å². The van der Waals surface area contributed by atoms with Gasteiger partial charge in [0.1, 0.15) is 0 Å². The predicted octanol–water partition coefficient (Wildman–Crippen LogP) is 7.30. The molecule has 202 valence electrons. The van der Waals surface area contributed by atoms with Crippen molar-refractivity contribution >= 4 is 7.26 Å². The number of rotatable bonds is 27. The van der Waals surface area contributed by atoms with Crippen LogP contribution in [0.1, 0.15) is 111 Å². The summed E-state index contributed by atoms with van der Waals surface area (Å²) in [7, 11) is -1.36. The van der Waals surface area contributed by atoms with Gasteiger partial charge in [0.05, 0.1) is 0 Å². The second-order valence-electron chi connectivity index (χ2n) is 10.1. The number of hydrogen-bond acceptors (Lipinski definition) is 4. The quantitative estimate of drug-likeness (QED) is 0.0965. The summed E-state index contributed by atoms with van der Waals surface area (Å²) in [6.45, 7) is 13.1. The van der Waals surface area contributed by atoms with Crippen LogP contribution in [0.4, 0.5) is 0 Å². The molecule has 0 saturated heterocycles. The minimum absolute atomic E-state index is 0.181. The Kier molecular flexibility index (Phi) is 25.6. The summed E-state index contributed by atoms with van der Waals surface area (Å²) in [4.78, 5) is 0. The van der Waals surface area contributed by atoms with Crippen LogP contribution in [0.3, 0.4) is 0 Å². The van der Waals surface area contributed by atoms with Gasteiger partial charge in [0, 0.05) is 0 Å². The average molecular weight is 493 g/mol. The van der Waals surface area contributed by atoms with E-state index < -0.39 is 7.26 Å². The number of aliphatic hydroxyl groups is 1. The van der Waals surface area contributed by atoms with Crippen molar-refractivity contribution < 1.29 is 19.3 Å². The van der Waals surface area contributed by atoms with Gasteiger partial charge in [0.25, 0.3) is 0 Å². The number of ether oxygens (including phenoxy) is 3. The monoisotopic (exact) mass is 492 g/mol. The van der Waals surface area contributed by atoms with E-state index >= 15 is 0 Å². The van der Waals surface area contributed by atoms with Crippen LogP contribution in [-0.4, -0.2) is 75.5 Å². The van der Waals surface area contributed by atoms with Crippen molar-refractivity contribution in [2.45, 2.75) is 117 Å². The molecule has 0 aliphatic heterocycles. The first kappa shape index (κ1) is 33.3. The van der Waals surface area contributed by atoms with E-state index in [1.807, 2.05) is 6.92 Å². The standard InChI is InChI=1S/C28H61O4P/c1-5-8-9-10-11-12-13-14-15-16-17-18-19-20-30-21-22-31-23-24-32-25-26-33(6-2,7-3)27-28(4)29/h28-29,33H,5-27H2,1-4H3. The van der Waals surface area contributed by atoms with Crippen molar-refractivity contribution in [3.8, 4) is 0 Å². The normalized spacial score (nSPS) is 13.5. The van der Waals surface area contributed by atoms with Crippen molar-refractivity contribution in [2.75, 3.05) is 64.3 Å². The SMILES string of the molecule is CCCCCCCCCCCCCCCOCCOCCOCC[PH](CC)(CC)CC(C)O. The summed E-state index contributed by atoms with van der Waals surface area (Å²) in [6.07, 6.45) is 22.4. The van der Waals surface area contributed by atoms with Gasteiger partial charge in [0.2, 0.25) is 0 Å². The molecular weight excluding hydrogens is 431 g/mol. The first-order valence-corrected chi connectivity index (χ1v) is 17.3. The van der Waals surface area contributed by atoms with E-state index in [0.29, 0.717) is 26.4 Å². The molecule has 0 bridgehead atoms. The van der Waals surface area contributed by atoms with Gasteiger partial charge in [-0.25, -0.2) is 0 Å². The fourth-order valence-electron chi connectivity index (χ4n) is 4.67. The number of aliphatic hydroxyl groups excluding tert-OH is 1. The molecule has 0 amide bonds. The third-order valence-electron chi connectivity index (χ3n) is 7.14. The van der Waals surface area contributed by atoms with Crippen LogP contribution in [0, 0.1) is 0 Å². The minimum atomic E-state index is -1.36. The predicted molar refractivity (Wildman–Crippen MR) is 149 cm³/mol. The molecule has 0 heterocycles. The fourth-order valence-corrected chi connectivity index (χ4v) is 8.49. The Morgan fingerprint density at radius 3 is 1.36 bits per heavy atom. The zero-order valence-corrected chi connectivity index (χ0v) is 24.0. The van der Waals surface area contributed by atoms with Crippen molar-refractivity contribution in [1.82, 2.24) is 0 Å². The van der Waals surface area contributed by atoms with E-state index in [0.717, 1.165) is 25.5 Å². The molecule has 0 aromatic heterocycles. The summed E-state index contributed by atoms with van der Waals surface area (Å²) in [5.41, 5.74) is 0. The summed E-state index contributed by atoms with van der Waals surface area (Å²) < 4.78 is 17.1. The second kappa shape index (κ2) is 25.4. The molecule has 1 atom stereocenters. The molecule has 0 saturated carbocycles. The fraction of sp³-hybridized carbons (Fsp3) is 1.00. The molecule has 0 aliphatic carbocycles. The molecule has 0 aliphatic rings.